The lowest BCUT2D eigenvalue weighted by Crippen LogP contribution is -2.49. The second-order valence-electron chi connectivity index (χ2n) is 7.40. The summed E-state index contributed by atoms with van der Waals surface area (Å²) >= 11 is 12.0. The van der Waals surface area contributed by atoms with E-state index in [1.54, 1.807) is 29.4 Å². The summed E-state index contributed by atoms with van der Waals surface area (Å²) in [5.74, 6) is 0.0628. The van der Waals surface area contributed by atoms with E-state index in [-0.39, 0.29) is 16.7 Å². The van der Waals surface area contributed by atoms with E-state index in [4.69, 9.17) is 28.9 Å². The van der Waals surface area contributed by atoms with Crippen molar-refractivity contribution in [3.63, 3.8) is 0 Å². The number of allylic oxidation sites excluding steroid dienone is 3. The molecule has 5 nitrogen and oxygen atoms in total. The first kappa shape index (κ1) is 20.7. The maximum Gasteiger partial charge on any atom is 0.223 e. The minimum atomic E-state index is -3.45. The third-order valence-electron chi connectivity index (χ3n) is 5.58. The lowest BCUT2D eigenvalue weighted by atomic mass is 9.86. The Labute approximate surface area is 170 Å². The normalized spacial score (nSPS) is 25.6. The number of hydrogen-bond acceptors (Lipinski definition) is 4. The SMILES string of the molecule is CC1(S(=O)(=O)N2CCC(C(N)c3cc(Cl)c(Cl)cc3O)CC2)C=CC=CC1. The summed E-state index contributed by atoms with van der Waals surface area (Å²) in [6.07, 6.45) is 9.01. The summed E-state index contributed by atoms with van der Waals surface area (Å²) in [4.78, 5) is 0. The summed E-state index contributed by atoms with van der Waals surface area (Å²) in [5, 5.41) is 10.8. The van der Waals surface area contributed by atoms with Gasteiger partial charge >= 0.3 is 0 Å². The number of nitrogens with zero attached hydrogens (tertiary/aromatic N) is 1. The van der Waals surface area contributed by atoms with Gasteiger partial charge in [0, 0.05) is 30.8 Å². The number of aromatic hydroxyl groups is 1. The molecular formula is C19H24Cl2N2O3S. The third kappa shape index (κ3) is 3.91. The molecule has 0 amide bonds. The molecule has 0 bridgehead atoms. The second kappa shape index (κ2) is 7.76. The zero-order valence-electron chi connectivity index (χ0n) is 15.1. The van der Waals surface area contributed by atoms with Crippen LogP contribution >= 0.6 is 23.2 Å². The second-order valence-corrected chi connectivity index (χ2v) is 10.6. The number of sulfonamides is 1. The minimum Gasteiger partial charge on any atom is -0.508 e. The fourth-order valence-electron chi connectivity index (χ4n) is 3.74. The van der Waals surface area contributed by atoms with Crippen LogP contribution in [0.3, 0.4) is 0 Å². The Morgan fingerprint density at radius 3 is 2.44 bits per heavy atom. The number of phenolic OH excluding ortho intramolecular Hbond substituents is 1. The number of rotatable bonds is 4. The van der Waals surface area contributed by atoms with Gasteiger partial charge in [-0.05, 0) is 38.2 Å². The van der Waals surface area contributed by atoms with Crippen LogP contribution in [0.2, 0.25) is 10.0 Å². The summed E-state index contributed by atoms with van der Waals surface area (Å²) in [6.45, 7) is 2.58. The Morgan fingerprint density at radius 1 is 1.22 bits per heavy atom. The zero-order chi connectivity index (χ0) is 19.8. The Bertz CT molecular complexity index is 877. The molecule has 0 radical (unpaired) electrons. The van der Waals surface area contributed by atoms with Gasteiger partial charge in [-0.2, -0.15) is 0 Å². The highest BCUT2D eigenvalue weighted by molar-refractivity contribution is 7.90. The average molecular weight is 431 g/mol. The molecule has 1 saturated heterocycles. The molecule has 27 heavy (non-hydrogen) atoms. The van der Waals surface area contributed by atoms with Crippen molar-refractivity contribution in [2.24, 2.45) is 11.7 Å². The molecule has 1 aliphatic carbocycles. The van der Waals surface area contributed by atoms with E-state index >= 15 is 0 Å². The van der Waals surface area contributed by atoms with E-state index in [9.17, 15) is 13.5 Å². The lowest BCUT2D eigenvalue weighted by molar-refractivity contribution is 0.240. The Kier molecular flexibility index (Phi) is 5.94. The van der Waals surface area contributed by atoms with Crippen molar-refractivity contribution in [1.29, 1.82) is 0 Å². The number of nitrogens with two attached hydrogens (primary N) is 1. The van der Waals surface area contributed by atoms with Crippen molar-refractivity contribution < 1.29 is 13.5 Å². The van der Waals surface area contributed by atoms with Crippen molar-refractivity contribution in [2.45, 2.75) is 37.0 Å². The van der Waals surface area contributed by atoms with Gasteiger partial charge in [-0.1, -0.05) is 47.5 Å². The molecule has 148 valence electrons. The molecular weight excluding hydrogens is 407 g/mol. The highest BCUT2D eigenvalue weighted by Gasteiger charge is 2.42. The first-order chi connectivity index (χ1) is 12.7. The van der Waals surface area contributed by atoms with E-state index in [1.165, 1.54) is 6.07 Å². The molecule has 1 aromatic carbocycles. The quantitative estimate of drug-likeness (QED) is 0.755. The van der Waals surface area contributed by atoms with Crippen LogP contribution in [0.25, 0.3) is 0 Å². The Morgan fingerprint density at radius 2 is 1.85 bits per heavy atom. The predicted molar refractivity (Wildman–Crippen MR) is 110 cm³/mol. The molecule has 0 saturated carbocycles. The molecule has 3 N–H and O–H groups in total. The van der Waals surface area contributed by atoms with Crippen LogP contribution in [0.4, 0.5) is 0 Å². The van der Waals surface area contributed by atoms with Crippen molar-refractivity contribution in [1.82, 2.24) is 4.31 Å². The van der Waals surface area contributed by atoms with E-state index in [0.29, 0.717) is 42.9 Å². The smallest absolute Gasteiger partial charge is 0.223 e. The third-order valence-corrected chi connectivity index (χ3v) is 8.83. The van der Waals surface area contributed by atoms with Gasteiger partial charge in [0.05, 0.1) is 10.0 Å². The van der Waals surface area contributed by atoms with E-state index in [0.717, 1.165) is 0 Å². The van der Waals surface area contributed by atoms with Gasteiger partial charge in [-0.25, -0.2) is 12.7 Å². The summed E-state index contributed by atoms with van der Waals surface area (Å²) < 4.78 is 26.8. The highest BCUT2D eigenvalue weighted by atomic mass is 35.5. The summed E-state index contributed by atoms with van der Waals surface area (Å²) in [5.41, 5.74) is 6.90. The number of piperidine rings is 1. The van der Waals surface area contributed by atoms with E-state index in [1.807, 2.05) is 12.2 Å². The van der Waals surface area contributed by atoms with Gasteiger partial charge in [0.1, 0.15) is 10.5 Å². The Balaban J connectivity index is 1.71. The molecule has 8 heteroatoms. The van der Waals surface area contributed by atoms with Crippen LogP contribution in [0.1, 0.15) is 37.8 Å². The van der Waals surface area contributed by atoms with Gasteiger partial charge in [0.25, 0.3) is 0 Å². The maximum absolute atomic E-state index is 13.1. The van der Waals surface area contributed by atoms with Crippen molar-refractivity contribution in [2.75, 3.05) is 13.1 Å². The van der Waals surface area contributed by atoms with Crippen molar-refractivity contribution in [3.05, 3.63) is 52.0 Å². The highest BCUT2D eigenvalue weighted by Crippen LogP contribution is 2.39. The summed E-state index contributed by atoms with van der Waals surface area (Å²) in [7, 11) is -3.45. The van der Waals surface area contributed by atoms with Crippen LogP contribution in [-0.4, -0.2) is 35.7 Å². The zero-order valence-corrected chi connectivity index (χ0v) is 17.4. The van der Waals surface area contributed by atoms with E-state index < -0.39 is 20.8 Å². The van der Waals surface area contributed by atoms with Crippen LogP contribution in [0, 0.1) is 5.92 Å². The molecule has 2 unspecified atom stereocenters. The monoisotopic (exact) mass is 430 g/mol. The molecule has 1 fully saturated rings. The van der Waals surface area contributed by atoms with Crippen molar-refractivity contribution in [3.8, 4) is 5.75 Å². The summed E-state index contributed by atoms with van der Waals surface area (Å²) in [6, 6.07) is 2.55. The first-order valence-corrected chi connectivity index (χ1v) is 11.1. The molecule has 2 atom stereocenters. The van der Waals surface area contributed by atoms with Crippen LogP contribution < -0.4 is 5.73 Å². The van der Waals surface area contributed by atoms with Crippen molar-refractivity contribution >= 4 is 33.2 Å². The average Bonchev–Trinajstić information content (AvgIpc) is 2.65. The maximum atomic E-state index is 13.1. The standard InChI is InChI=1S/C19H24Cl2N2O3S/c1-19(7-3-2-4-8-19)27(25,26)23-9-5-13(6-10-23)18(22)14-11-15(20)16(21)12-17(14)24/h2-4,7,11-13,18,24H,5-6,8-10,22H2,1H3. The fraction of sp³-hybridized carbons (Fsp3) is 0.474. The van der Waals surface area contributed by atoms with E-state index in [2.05, 4.69) is 0 Å². The van der Waals surface area contributed by atoms with Crippen LogP contribution in [0.5, 0.6) is 5.75 Å². The molecule has 1 aromatic rings. The first-order valence-electron chi connectivity index (χ1n) is 8.93. The fourth-order valence-corrected chi connectivity index (χ4v) is 5.91. The largest absolute Gasteiger partial charge is 0.508 e. The molecule has 3 rings (SSSR count). The van der Waals surface area contributed by atoms with Gasteiger partial charge in [0.15, 0.2) is 0 Å². The van der Waals surface area contributed by atoms with Gasteiger partial charge in [-0.15, -0.1) is 0 Å². The van der Waals surface area contributed by atoms with Crippen LogP contribution in [0.15, 0.2) is 36.4 Å². The number of benzene rings is 1. The minimum absolute atomic E-state index is 0.0126. The van der Waals surface area contributed by atoms with Gasteiger partial charge in [0.2, 0.25) is 10.0 Å². The molecule has 1 heterocycles. The lowest BCUT2D eigenvalue weighted by Gasteiger charge is -2.39. The molecule has 2 aliphatic rings. The Hall–Kier alpha value is -1.05. The molecule has 1 aliphatic heterocycles. The number of hydrogen-bond donors (Lipinski definition) is 2. The molecule has 0 aromatic heterocycles. The number of halogens is 2. The van der Waals surface area contributed by atoms with Gasteiger partial charge < -0.3 is 10.8 Å². The predicted octanol–water partition coefficient (Wildman–Crippen LogP) is 4.02. The van der Waals surface area contributed by atoms with Gasteiger partial charge in [-0.3, -0.25) is 0 Å². The molecule has 0 spiro atoms. The topological polar surface area (TPSA) is 83.6 Å². The number of phenols is 1. The van der Waals surface area contributed by atoms with Crippen LogP contribution in [-0.2, 0) is 10.0 Å².